The van der Waals surface area contributed by atoms with E-state index in [1.165, 1.54) is 11.1 Å². The van der Waals surface area contributed by atoms with Crippen molar-refractivity contribution < 1.29 is 5.11 Å². The Bertz CT molecular complexity index is 549. The molecule has 0 heterocycles. The SMILES string of the molecule is CCc1cccc(C(O)c2ccc(C)c(Br)c2)c1. The zero-order valence-corrected chi connectivity index (χ0v) is 12.2. The number of benzene rings is 2. The summed E-state index contributed by atoms with van der Waals surface area (Å²) in [4.78, 5) is 0. The summed E-state index contributed by atoms with van der Waals surface area (Å²) in [5.74, 6) is 0. The largest absolute Gasteiger partial charge is 0.384 e. The summed E-state index contributed by atoms with van der Waals surface area (Å²) in [6.07, 6.45) is 0.423. The van der Waals surface area contributed by atoms with Gasteiger partial charge in [0.25, 0.3) is 0 Å². The molecule has 2 heteroatoms. The van der Waals surface area contributed by atoms with Gasteiger partial charge in [-0.15, -0.1) is 0 Å². The Balaban J connectivity index is 2.34. The van der Waals surface area contributed by atoms with E-state index in [-0.39, 0.29) is 0 Å². The topological polar surface area (TPSA) is 20.2 Å². The first kappa shape index (κ1) is 13.3. The maximum atomic E-state index is 10.4. The Morgan fingerprint density at radius 1 is 1.11 bits per heavy atom. The summed E-state index contributed by atoms with van der Waals surface area (Å²) in [7, 11) is 0. The van der Waals surface area contributed by atoms with Gasteiger partial charge in [-0.3, -0.25) is 0 Å². The van der Waals surface area contributed by atoms with Crippen LogP contribution < -0.4 is 0 Å². The third-order valence-corrected chi connectivity index (χ3v) is 4.04. The fourth-order valence-corrected chi connectivity index (χ4v) is 2.35. The molecule has 1 N–H and O–H groups in total. The summed E-state index contributed by atoms with van der Waals surface area (Å²) in [6, 6.07) is 14.1. The van der Waals surface area contributed by atoms with Crippen LogP contribution in [0.3, 0.4) is 0 Å². The summed E-state index contributed by atoms with van der Waals surface area (Å²) in [5, 5.41) is 10.4. The molecule has 2 rings (SSSR count). The fraction of sp³-hybridized carbons (Fsp3) is 0.250. The van der Waals surface area contributed by atoms with Gasteiger partial charge in [-0.25, -0.2) is 0 Å². The van der Waals surface area contributed by atoms with Gasteiger partial charge in [-0.05, 0) is 41.7 Å². The normalized spacial score (nSPS) is 12.4. The molecule has 0 bridgehead atoms. The van der Waals surface area contributed by atoms with Gasteiger partial charge in [0.15, 0.2) is 0 Å². The highest BCUT2D eigenvalue weighted by Crippen LogP contribution is 2.26. The Hall–Kier alpha value is -1.12. The molecule has 1 atom stereocenters. The van der Waals surface area contributed by atoms with Crippen LogP contribution in [0, 0.1) is 6.92 Å². The molecule has 94 valence electrons. The number of hydrogen-bond donors (Lipinski definition) is 1. The molecule has 0 spiro atoms. The van der Waals surface area contributed by atoms with E-state index in [9.17, 15) is 5.11 Å². The van der Waals surface area contributed by atoms with Gasteiger partial charge in [0.2, 0.25) is 0 Å². The van der Waals surface area contributed by atoms with Gasteiger partial charge in [0.05, 0.1) is 0 Å². The van der Waals surface area contributed by atoms with E-state index in [0.29, 0.717) is 0 Å². The number of aliphatic hydroxyl groups is 1. The zero-order chi connectivity index (χ0) is 13.1. The van der Waals surface area contributed by atoms with E-state index < -0.39 is 6.10 Å². The van der Waals surface area contributed by atoms with Gasteiger partial charge >= 0.3 is 0 Å². The van der Waals surface area contributed by atoms with Crippen LogP contribution in [0.25, 0.3) is 0 Å². The maximum absolute atomic E-state index is 10.4. The molecule has 1 nitrogen and oxygen atoms in total. The lowest BCUT2D eigenvalue weighted by atomic mass is 9.98. The van der Waals surface area contributed by atoms with Crippen molar-refractivity contribution in [3.05, 3.63) is 69.2 Å². The lowest BCUT2D eigenvalue weighted by Gasteiger charge is -2.13. The van der Waals surface area contributed by atoms with Crippen LogP contribution in [-0.2, 0) is 6.42 Å². The highest BCUT2D eigenvalue weighted by atomic mass is 79.9. The molecule has 0 aliphatic heterocycles. The molecule has 0 saturated carbocycles. The monoisotopic (exact) mass is 304 g/mol. The number of rotatable bonds is 3. The Labute approximate surface area is 117 Å². The molecule has 0 saturated heterocycles. The molecule has 0 aromatic heterocycles. The summed E-state index contributed by atoms with van der Waals surface area (Å²) in [5.41, 5.74) is 4.29. The number of halogens is 1. The van der Waals surface area contributed by atoms with Gasteiger partial charge < -0.3 is 5.11 Å². The molecule has 0 radical (unpaired) electrons. The van der Waals surface area contributed by atoms with E-state index in [1.54, 1.807) is 0 Å². The van der Waals surface area contributed by atoms with Crippen molar-refractivity contribution in [2.24, 2.45) is 0 Å². The Kier molecular flexibility index (Phi) is 4.20. The first-order chi connectivity index (χ1) is 8.61. The second kappa shape index (κ2) is 5.68. The molecule has 1 unspecified atom stereocenters. The van der Waals surface area contributed by atoms with E-state index >= 15 is 0 Å². The second-order valence-electron chi connectivity index (χ2n) is 4.51. The average Bonchev–Trinajstić information content (AvgIpc) is 2.41. The molecule has 0 aliphatic rings. The van der Waals surface area contributed by atoms with E-state index in [4.69, 9.17) is 0 Å². The lowest BCUT2D eigenvalue weighted by molar-refractivity contribution is 0.220. The maximum Gasteiger partial charge on any atom is 0.104 e. The molecule has 18 heavy (non-hydrogen) atoms. The summed E-state index contributed by atoms with van der Waals surface area (Å²) < 4.78 is 1.03. The van der Waals surface area contributed by atoms with Crippen molar-refractivity contribution in [2.75, 3.05) is 0 Å². The fourth-order valence-electron chi connectivity index (χ4n) is 1.95. The van der Waals surface area contributed by atoms with Gasteiger partial charge in [-0.2, -0.15) is 0 Å². The third-order valence-electron chi connectivity index (χ3n) is 3.19. The highest BCUT2D eigenvalue weighted by Gasteiger charge is 2.11. The minimum Gasteiger partial charge on any atom is -0.384 e. The number of aliphatic hydroxyl groups excluding tert-OH is 1. The molecule has 0 fully saturated rings. The highest BCUT2D eigenvalue weighted by molar-refractivity contribution is 9.10. The molecular weight excluding hydrogens is 288 g/mol. The van der Waals surface area contributed by atoms with Crippen molar-refractivity contribution in [2.45, 2.75) is 26.4 Å². The van der Waals surface area contributed by atoms with Crippen LogP contribution in [0.2, 0.25) is 0 Å². The van der Waals surface area contributed by atoms with Crippen LogP contribution in [0.15, 0.2) is 46.9 Å². The van der Waals surface area contributed by atoms with Crippen molar-refractivity contribution in [1.29, 1.82) is 0 Å². The van der Waals surface area contributed by atoms with E-state index in [1.807, 2.05) is 37.3 Å². The van der Waals surface area contributed by atoms with Crippen molar-refractivity contribution in [1.82, 2.24) is 0 Å². The smallest absolute Gasteiger partial charge is 0.104 e. The average molecular weight is 305 g/mol. The second-order valence-corrected chi connectivity index (χ2v) is 5.36. The predicted molar refractivity (Wildman–Crippen MR) is 78.8 cm³/mol. The number of aryl methyl sites for hydroxylation is 2. The van der Waals surface area contributed by atoms with Crippen LogP contribution in [0.4, 0.5) is 0 Å². The van der Waals surface area contributed by atoms with Gasteiger partial charge in [0, 0.05) is 4.47 Å². The van der Waals surface area contributed by atoms with Gasteiger partial charge in [0.1, 0.15) is 6.10 Å². The lowest BCUT2D eigenvalue weighted by Crippen LogP contribution is -2.00. The van der Waals surface area contributed by atoms with E-state index in [2.05, 4.69) is 35.0 Å². The summed E-state index contributed by atoms with van der Waals surface area (Å²) >= 11 is 3.50. The zero-order valence-electron chi connectivity index (χ0n) is 10.7. The summed E-state index contributed by atoms with van der Waals surface area (Å²) in [6.45, 7) is 4.16. The van der Waals surface area contributed by atoms with Gasteiger partial charge in [-0.1, -0.05) is 59.3 Å². The van der Waals surface area contributed by atoms with E-state index in [0.717, 1.165) is 22.0 Å². The number of hydrogen-bond acceptors (Lipinski definition) is 1. The molecule has 2 aromatic carbocycles. The van der Waals surface area contributed by atoms with Crippen LogP contribution >= 0.6 is 15.9 Å². The molecular formula is C16H17BrO. The standard InChI is InChI=1S/C16H17BrO/c1-3-12-5-4-6-13(9-12)16(18)14-8-7-11(2)15(17)10-14/h4-10,16,18H,3H2,1-2H3. The van der Waals surface area contributed by atoms with Crippen molar-refractivity contribution in [3.63, 3.8) is 0 Å². The van der Waals surface area contributed by atoms with Crippen molar-refractivity contribution in [3.8, 4) is 0 Å². The first-order valence-corrected chi connectivity index (χ1v) is 6.94. The predicted octanol–water partition coefficient (Wildman–Crippen LogP) is 4.40. The Morgan fingerprint density at radius 2 is 1.83 bits per heavy atom. The quantitative estimate of drug-likeness (QED) is 0.891. The molecule has 0 aliphatic carbocycles. The Morgan fingerprint density at radius 3 is 2.50 bits per heavy atom. The van der Waals surface area contributed by atoms with Crippen molar-refractivity contribution >= 4 is 15.9 Å². The third kappa shape index (κ3) is 2.82. The first-order valence-electron chi connectivity index (χ1n) is 6.14. The minimum absolute atomic E-state index is 0.562. The van der Waals surface area contributed by atoms with Crippen LogP contribution in [0.1, 0.15) is 35.3 Å². The molecule has 2 aromatic rings. The van der Waals surface area contributed by atoms with Crippen LogP contribution in [-0.4, -0.2) is 5.11 Å². The van der Waals surface area contributed by atoms with Crippen LogP contribution in [0.5, 0.6) is 0 Å². The molecule has 0 amide bonds. The minimum atomic E-state index is -0.562.